The molecule has 8 nitrogen and oxygen atoms in total. The molecule has 10 heteroatoms. The van der Waals surface area contributed by atoms with Gasteiger partial charge in [-0.15, -0.1) is 11.3 Å². The molecule has 0 radical (unpaired) electrons. The third-order valence-corrected chi connectivity index (χ3v) is 3.24. The van der Waals surface area contributed by atoms with Crippen LogP contribution in [-0.4, -0.2) is 41.7 Å². The fourth-order valence-electron chi connectivity index (χ4n) is 1.54. The third kappa shape index (κ3) is 2.73. The van der Waals surface area contributed by atoms with Crippen LogP contribution in [0.2, 0.25) is 5.28 Å². The predicted molar refractivity (Wildman–Crippen MR) is 74.0 cm³/mol. The van der Waals surface area contributed by atoms with Gasteiger partial charge < -0.3 is 4.90 Å². The Bertz CT molecular complexity index is 683. The molecule has 0 aliphatic carbocycles. The van der Waals surface area contributed by atoms with Crippen molar-refractivity contribution in [1.82, 2.24) is 34.7 Å². The van der Waals surface area contributed by atoms with Crippen molar-refractivity contribution < 1.29 is 0 Å². The van der Waals surface area contributed by atoms with Crippen molar-refractivity contribution in [3.8, 4) is 5.95 Å². The van der Waals surface area contributed by atoms with Gasteiger partial charge >= 0.3 is 0 Å². The monoisotopic (exact) mass is 308 g/mol. The zero-order valence-electron chi connectivity index (χ0n) is 10.4. The molecule has 3 heterocycles. The lowest BCUT2D eigenvalue weighted by atomic mass is 10.4. The predicted octanol–water partition coefficient (Wildman–Crippen LogP) is 1.20. The molecule has 0 aromatic carbocycles. The fourth-order valence-corrected chi connectivity index (χ4v) is 2.24. The number of nitrogens with zero attached hydrogens (tertiary/aromatic N) is 8. The summed E-state index contributed by atoms with van der Waals surface area (Å²) in [6.07, 6.45) is 2.90. The van der Waals surface area contributed by atoms with E-state index < -0.39 is 0 Å². The van der Waals surface area contributed by atoms with Crippen LogP contribution in [0.5, 0.6) is 0 Å². The highest BCUT2D eigenvalue weighted by molar-refractivity contribution is 7.07. The maximum absolute atomic E-state index is 5.93. The van der Waals surface area contributed by atoms with E-state index in [0.717, 1.165) is 5.69 Å². The topological polar surface area (TPSA) is 85.5 Å². The molecular formula is C10H9ClN8S. The molecule has 0 saturated heterocycles. The Hall–Kier alpha value is -2.13. The first kappa shape index (κ1) is 12.9. The van der Waals surface area contributed by atoms with E-state index in [-0.39, 0.29) is 5.28 Å². The van der Waals surface area contributed by atoms with Crippen molar-refractivity contribution >= 4 is 28.9 Å². The van der Waals surface area contributed by atoms with Crippen molar-refractivity contribution in [2.75, 3.05) is 11.9 Å². The fraction of sp³-hybridized carbons (Fsp3) is 0.200. The smallest absolute Gasteiger partial charge is 0.258 e. The Morgan fingerprint density at radius 1 is 1.35 bits per heavy atom. The quantitative estimate of drug-likeness (QED) is 0.715. The lowest BCUT2D eigenvalue weighted by Gasteiger charge is -2.15. The van der Waals surface area contributed by atoms with E-state index in [4.69, 9.17) is 11.6 Å². The highest BCUT2D eigenvalue weighted by atomic mass is 35.5. The first-order valence-corrected chi connectivity index (χ1v) is 6.89. The zero-order valence-corrected chi connectivity index (χ0v) is 12.0. The van der Waals surface area contributed by atoms with Crippen LogP contribution in [0.15, 0.2) is 23.5 Å². The largest absolute Gasteiger partial charge is 0.338 e. The summed E-state index contributed by atoms with van der Waals surface area (Å²) in [4.78, 5) is 22.3. The highest BCUT2D eigenvalue weighted by Crippen LogP contribution is 2.14. The molecular weight excluding hydrogens is 300 g/mol. The average molecular weight is 309 g/mol. The number of anilines is 1. The van der Waals surface area contributed by atoms with Crippen molar-refractivity contribution in [3.05, 3.63) is 34.5 Å². The number of halogens is 1. The van der Waals surface area contributed by atoms with E-state index >= 15 is 0 Å². The molecule has 0 aliphatic heterocycles. The van der Waals surface area contributed by atoms with Gasteiger partial charge in [0.2, 0.25) is 11.2 Å². The Balaban J connectivity index is 1.89. The lowest BCUT2D eigenvalue weighted by Crippen LogP contribution is -2.21. The van der Waals surface area contributed by atoms with Crippen LogP contribution < -0.4 is 4.90 Å². The Labute approximate surface area is 123 Å². The average Bonchev–Trinajstić information content (AvgIpc) is 3.11. The minimum Gasteiger partial charge on any atom is -0.338 e. The summed E-state index contributed by atoms with van der Waals surface area (Å²) < 4.78 is 1.42. The van der Waals surface area contributed by atoms with Crippen LogP contribution in [0.4, 0.5) is 5.95 Å². The van der Waals surface area contributed by atoms with Gasteiger partial charge in [0.1, 0.15) is 12.7 Å². The van der Waals surface area contributed by atoms with Crippen LogP contribution in [0.3, 0.4) is 0 Å². The highest BCUT2D eigenvalue weighted by Gasteiger charge is 2.12. The van der Waals surface area contributed by atoms with Crippen molar-refractivity contribution in [3.63, 3.8) is 0 Å². The molecule has 0 N–H and O–H groups in total. The number of rotatable bonds is 4. The number of thiazole rings is 1. The minimum absolute atomic E-state index is 0.102. The molecule has 0 saturated carbocycles. The molecule has 102 valence electrons. The van der Waals surface area contributed by atoms with Crippen molar-refractivity contribution in [2.24, 2.45) is 0 Å². The molecule has 0 unspecified atom stereocenters. The Kier molecular flexibility index (Phi) is 3.52. The van der Waals surface area contributed by atoms with Crippen molar-refractivity contribution in [2.45, 2.75) is 6.54 Å². The Morgan fingerprint density at radius 3 is 2.95 bits per heavy atom. The number of hydrogen-bond donors (Lipinski definition) is 0. The van der Waals surface area contributed by atoms with Crippen LogP contribution in [0.1, 0.15) is 5.69 Å². The van der Waals surface area contributed by atoms with E-state index in [1.165, 1.54) is 17.3 Å². The van der Waals surface area contributed by atoms with Gasteiger partial charge in [-0.1, -0.05) is 0 Å². The summed E-state index contributed by atoms with van der Waals surface area (Å²) >= 11 is 7.47. The molecule has 3 aromatic heterocycles. The molecule has 0 bridgehead atoms. The third-order valence-electron chi connectivity index (χ3n) is 2.43. The second kappa shape index (κ2) is 5.47. The first-order valence-electron chi connectivity index (χ1n) is 5.57. The molecule has 3 aromatic rings. The van der Waals surface area contributed by atoms with E-state index in [0.29, 0.717) is 18.4 Å². The second-order valence-corrected chi connectivity index (χ2v) is 4.94. The van der Waals surface area contributed by atoms with E-state index in [9.17, 15) is 0 Å². The lowest BCUT2D eigenvalue weighted by molar-refractivity contribution is 0.768. The van der Waals surface area contributed by atoms with Crippen LogP contribution in [-0.2, 0) is 6.54 Å². The van der Waals surface area contributed by atoms with Crippen LogP contribution >= 0.6 is 22.9 Å². The van der Waals surface area contributed by atoms with Gasteiger partial charge in [0.15, 0.2) is 0 Å². The number of aromatic nitrogens is 7. The molecule has 0 fully saturated rings. The van der Waals surface area contributed by atoms with Crippen LogP contribution in [0.25, 0.3) is 5.95 Å². The SMILES string of the molecule is CN(Cc1cscn1)c1nc(Cl)nc(-n2cncn2)n1. The van der Waals surface area contributed by atoms with E-state index in [1.54, 1.807) is 16.8 Å². The van der Waals surface area contributed by atoms with Gasteiger partial charge in [0, 0.05) is 12.4 Å². The number of hydrogen-bond acceptors (Lipinski definition) is 8. The molecule has 0 spiro atoms. The molecule has 0 amide bonds. The standard InChI is InChI=1S/C10H9ClN8S/c1-18(2-7-3-20-6-13-7)9-15-8(11)16-10(17-9)19-5-12-4-14-19/h3-6H,2H2,1H3. The van der Waals surface area contributed by atoms with Gasteiger partial charge in [0.25, 0.3) is 5.95 Å². The van der Waals surface area contributed by atoms with Gasteiger partial charge in [-0.3, -0.25) is 0 Å². The first-order chi connectivity index (χ1) is 9.72. The summed E-state index contributed by atoms with van der Waals surface area (Å²) in [5.41, 5.74) is 2.72. The molecule has 0 atom stereocenters. The second-order valence-electron chi connectivity index (χ2n) is 3.88. The normalized spacial score (nSPS) is 10.7. The summed E-state index contributed by atoms with van der Waals surface area (Å²) in [5.74, 6) is 0.770. The van der Waals surface area contributed by atoms with Gasteiger partial charge in [-0.25, -0.2) is 9.97 Å². The molecule has 3 rings (SSSR count). The summed E-state index contributed by atoms with van der Waals surface area (Å²) in [6, 6.07) is 0. The van der Waals surface area contributed by atoms with Crippen molar-refractivity contribution in [1.29, 1.82) is 0 Å². The minimum atomic E-state index is 0.102. The van der Waals surface area contributed by atoms with Gasteiger partial charge in [-0.2, -0.15) is 24.7 Å². The zero-order chi connectivity index (χ0) is 13.9. The Morgan fingerprint density at radius 2 is 2.25 bits per heavy atom. The summed E-state index contributed by atoms with van der Waals surface area (Å²) in [6.45, 7) is 0.584. The maximum Gasteiger partial charge on any atom is 0.258 e. The molecule has 0 aliphatic rings. The van der Waals surface area contributed by atoms with E-state index in [1.807, 2.05) is 17.3 Å². The molecule has 20 heavy (non-hydrogen) atoms. The van der Waals surface area contributed by atoms with Crippen LogP contribution in [0, 0.1) is 0 Å². The maximum atomic E-state index is 5.93. The van der Waals surface area contributed by atoms with Gasteiger partial charge in [0.05, 0.1) is 17.7 Å². The van der Waals surface area contributed by atoms with E-state index in [2.05, 4.69) is 30.0 Å². The van der Waals surface area contributed by atoms with Gasteiger partial charge in [-0.05, 0) is 11.6 Å². The summed E-state index contributed by atoms with van der Waals surface area (Å²) in [5, 5.41) is 6.04. The summed E-state index contributed by atoms with van der Waals surface area (Å²) in [7, 11) is 1.86.